The number of rotatable bonds is 4. The number of nitrogens with zero attached hydrogens (tertiary/aromatic N) is 1. The number of nitrogens with one attached hydrogen (secondary N) is 1. The van der Waals surface area contributed by atoms with Crippen LogP contribution in [0, 0.1) is 11.8 Å². The van der Waals surface area contributed by atoms with Gasteiger partial charge in [-0.3, -0.25) is 9.78 Å². The van der Waals surface area contributed by atoms with Crippen LogP contribution in [0.1, 0.15) is 42.1 Å². The van der Waals surface area contributed by atoms with Crippen LogP contribution in [0.5, 0.6) is 0 Å². The molecule has 0 saturated heterocycles. The summed E-state index contributed by atoms with van der Waals surface area (Å²) < 4.78 is 0. The summed E-state index contributed by atoms with van der Waals surface area (Å²) in [4.78, 5) is 16.4. The van der Waals surface area contributed by atoms with E-state index >= 15 is 0 Å². The Morgan fingerprint density at radius 2 is 2.38 bits per heavy atom. The Morgan fingerprint density at radius 1 is 1.52 bits per heavy atom. The van der Waals surface area contributed by atoms with E-state index in [9.17, 15) is 4.79 Å². The van der Waals surface area contributed by atoms with Gasteiger partial charge in [-0.15, -0.1) is 0 Å². The molecule has 5 heteroatoms. The SMILES string of the molecule is CCSC1CCCC1NC(=O)c1cncc(C#CCO)c1. The lowest BCUT2D eigenvalue weighted by atomic mass is 10.1. The van der Waals surface area contributed by atoms with Gasteiger partial charge in [-0.25, -0.2) is 0 Å². The zero-order chi connectivity index (χ0) is 15.1. The molecule has 1 amide bonds. The lowest BCUT2D eigenvalue weighted by Gasteiger charge is -2.20. The number of amides is 1. The Labute approximate surface area is 129 Å². The van der Waals surface area contributed by atoms with Crippen molar-refractivity contribution in [1.82, 2.24) is 10.3 Å². The van der Waals surface area contributed by atoms with E-state index in [2.05, 4.69) is 29.1 Å². The number of aliphatic hydroxyl groups is 1. The van der Waals surface area contributed by atoms with Gasteiger partial charge in [0.15, 0.2) is 0 Å². The van der Waals surface area contributed by atoms with Gasteiger partial charge in [0.05, 0.1) is 5.56 Å². The van der Waals surface area contributed by atoms with Crippen LogP contribution < -0.4 is 5.32 Å². The number of thioether (sulfide) groups is 1. The normalized spacial score (nSPS) is 20.7. The average Bonchev–Trinajstić information content (AvgIpc) is 2.93. The first-order chi connectivity index (χ1) is 10.2. The molecule has 2 unspecified atom stereocenters. The molecule has 2 rings (SSSR count). The van der Waals surface area contributed by atoms with Crippen molar-refractivity contribution in [3.8, 4) is 11.8 Å². The molecule has 1 saturated carbocycles. The van der Waals surface area contributed by atoms with Crippen molar-refractivity contribution in [3.63, 3.8) is 0 Å². The van der Waals surface area contributed by atoms with Crippen molar-refractivity contribution in [1.29, 1.82) is 0 Å². The fourth-order valence-electron chi connectivity index (χ4n) is 2.53. The summed E-state index contributed by atoms with van der Waals surface area (Å²) in [6, 6.07) is 1.96. The van der Waals surface area contributed by atoms with E-state index in [1.54, 1.807) is 18.5 Å². The molecule has 112 valence electrons. The van der Waals surface area contributed by atoms with Gasteiger partial charge in [0.1, 0.15) is 6.61 Å². The van der Waals surface area contributed by atoms with E-state index in [1.165, 1.54) is 12.8 Å². The summed E-state index contributed by atoms with van der Waals surface area (Å²) >= 11 is 1.92. The van der Waals surface area contributed by atoms with Crippen LogP contribution in [0.15, 0.2) is 18.5 Å². The first-order valence-corrected chi connectivity index (χ1v) is 8.26. The van der Waals surface area contributed by atoms with Gasteiger partial charge in [0.2, 0.25) is 0 Å². The fourth-order valence-corrected chi connectivity index (χ4v) is 3.73. The molecule has 0 bridgehead atoms. The molecule has 2 atom stereocenters. The fraction of sp³-hybridized carbons (Fsp3) is 0.500. The van der Waals surface area contributed by atoms with Crippen molar-refractivity contribution in [2.24, 2.45) is 0 Å². The van der Waals surface area contributed by atoms with Gasteiger partial charge < -0.3 is 10.4 Å². The van der Waals surface area contributed by atoms with E-state index in [1.807, 2.05) is 11.8 Å². The lowest BCUT2D eigenvalue weighted by Crippen LogP contribution is -2.38. The third-order valence-electron chi connectivity index (χ3n) is 3.46. The predicted molar refractivity (Wildman–Crippen MR) is 85.2 cm³/mol. The van der Waals surface area contributed by atoms with Crippen LogP contribution in [0.25, 0.3) is 0 Å². The van der Waals surface area contributed by atoms with Gasteiger partial charge in [-0.05, 0) is 24.7 Å². The molecule has 1 aromatic rings. The Balaban J connectivity index is 2.03. The number of pyridine rings is 1. The van der Waals surface area contributed by atoms with Crippen LogP contribution in [0.4, 0.5) is 0 Å². The molecule has 0 radical (unpaired) electrons. The molecule has 1 heterocycles. The number of hydrogen-bond acceptors (Lipinski definition) is 4. The van der Waals surface area contributed by atoms with Crippen molar-refractivity contribution < 1.29 is 9.90 Å². The molecule has 1 fully saturated rings. The molecule has 0 aliphatic heterocycles. The monoisotopic (exact) mass is 304 g/mol. The maximum Gasteiger partial charge on any atom is 0.253 e. The highest BCUT2D eigenvalue weighted by Crippen LogP contribution is 2.30. The smallest absolute Gasteiger partial charge is 0.253 e. The van der Waals surface area contributed by atoms with Gasteiger partial charge in [-0.2, -0.15) is 11.8 Å². The zero-order valence-corrected chi connectivity index (χ0v) is 12.9. The highest BCUT2D eigenvalue weighted by atomic mass is 32.2. The van der Waals surface area contributed by atoms with Gasteiger partial charge >= 0.3 is 0 Å². The molecule has 0 aromatic carbocycles. The summed E-state index contributed by atoms with van der Waals surface area (Å²) in [6.07, 6.45) is 6.52. The number of hydrogen-bond donors (Lipinski definition) is 2. The second-order valence-corrected chi connectivity index (χ2v) is 6.44. The molecule has 1 aliphatic rings. The Bertz CT molecular complexity index is 551. The highest BCUT2D eigenvalue weighted by Gasteiger charge is 2.28. The summed E-state index contributed by atoms with van der Waals surface area (Å²) in [7, 11) is 0. The molecule has 4 nitrogen and oxygen atoms in total. The topological polar surface area (TPSA) is 62.2 Å². The molecular formula is C16H20N2O2S. The van der Waals surface area contributed by atoms with Crippen molar-refractivity contribution in [2.45, 2.75) is 37.5 Å². The third kappa shape index (κ3) is 4.48. The molecule has 21 heavy (non-hydrogen) atoms. The molecule has 2 N–H and O–H groups in total. The second-order valence-electron chi connectivity index (χ2n) is 4.93. The van der Waals surface area contributed by atoms with Gasteiger partial charge in [0, 0.05) is 29.2 Å². The number of aliphatic hydroxyl groups excluding tert-OH is 1. The molecular weight excluding hydrogens is 284 g/mol. The number of aromatic nitrogens is 1. The summed E-state index contributed by atoms with van der Waals surface area (Å²) in [5, 5.41) is 12.3. The number of carbonyl (C=O) groups is 1. The van der Waals surface area contributed by atoms with E-state index in [0.29, 0.717) is 16.4 Å². The van der Waals surface area contributed by atoms with E-state index in [0.717, 1.165) is 12.2 Å². The van der Waals surface area contributed by atoms with Crippen molar-refractivity contribution >= 4 is 17.7 Å². The predicted octanol–water partition coefficient (Wildman–Crippen LogP) is 1.83. The van der Waals surface area contributed by atoms with Crippen LogP contribution in [0.3, 0.4) is 0 Å². The average molecular weight is 304 g/mol. The highest BCUT2D eigenvalue weighted by molar-refractivity contribution is 7.99. The largest absolute Gasteiger partial charge is 0.384 e. The van der Waals surface area contributed by atoms with Gasteiger partial charge in [0.25, 0.3) is 5.91 Å². The molecule has 1 aromatic heterocycles. The van der Waals surface area contributed by atoms with Crippen LogP contribution in [-0.4, -0.2) is 39.6 Å². The second kappa shape index (κ2) is 8.06. The third-order valence-corrected chi connectivity index (χ3v) is 4.79. The van der Waals surface area contributed by atoms with E-state index in [4.69, 9.17) is 5.11 Å². The lowest BCUT2D eigenvalue weighted by molar-refractivity contribution is 0.0938. The Kier molecular flexibility index (Phi) is 6.09. The standard InChI is InChI=1S/C16H20N2O2S/c1-2-21-15-7-3-6-14(15)18-16(20)13-9-12(5-4-8-19)10-17-11-13/h9-11,14-15,19H,2-3,6-8H2,1H3,(H,18,20). The van der Waals surface area contributed by atoms with Crippen LogP contribution >= 0.6 is 11.8 Å². The van der Waals surface area contributed by atoms with Crippen molar-refractivity contribution in [2.75, 3.05) is 12.4 Å². The minimum atomic E-state index is -0.200. The van der Waals surface area contributed by atoms with Crippen LogP contribution in [-0.2, 0) is 0 Å². The first-order valence-electron chi connectivity index (χ1n) is 7.21. The quantitative estimate of drug-likeness (QED) is 0.833. The molecule has 1 aliphatic carbocycles. The Hall–Kier alpha value is -1.51. The summed E-state index contributed by atoms with van der Waals surface area (Å²) in [5.41, 5.74) is 1.16. The van der Waals surface area contributed by atoms with E-state index in [-0.39, 0.29) is 18.6 Å². The minimum Gasteiger partial charge on any atom is -0.384 e. The minimum absolute atomic E-state index is 0.0937. The maximum atomic E-state index is 12.3. The van der Waals surface area contributed by atoms with Crippen LogP contribution in [0.2, 0.25) is 0 Å². The molecule has 0 spiro atoms. The number of carbonyl (C=O) groups excluding carboxylic acids is 1. The van der Waals surface area contributed by atoms with Gasteiger partial charge in [-0.1, -0.05) is 25.2 Å². The zero-order valence-electron chi connectivity index (χ0n) is 12.1. The van der Waals surface area contributed by atoms with E-state index < -0.39 is 0 Å². The van der Waals surface area contributed by atoms with Crippen molar-refractivity contribution in [3.05, 3.63) is 29.6 Å². The Morgan fingerprint density at radius 3 is 3.14 bits per heavy atom. The summed E-state index contributed by atoms with van der Waals surface area (Å²) in [5.74, 6) is 6.30. The first kappa shape index (κ1) is 15.9. The summed E-state index contributed by atoms with van der Waals surface area (Å²) in [6.45, 7) is 1.95. The maximum absolute atomic E-state index is 12.3.